The minimum Gasteiger partial charge on any atom is -0.388 e. The van der Waals surface area contributed by atoms with Crippen LogP contribution in [0.2, 0.25) is 0 Å². The van der Waals surface area contributed by atoms with E-state index in [-0.39, 0.29) is 11.3 Å². The zero-order valence-electron chi connectivity index (χ0n) is 13.9. The molecular weight excluding hydrogens is 270 g/mol. The van der Waals surface area contributed by atoms with Gasteiger partial charge in [-0.25, -0.2) is 0 Å². The summed E-state index contributed by atoms with van der Waals surface area (Å²) in [5.74, 6) is 0.0413. The molecule has 0 bridgehead atoms. The maximum atomic E-state index is 11.0. The Hall–Kier alpha value is -1.67. The number of aliphatic hydroxyl groups is 1. The van der Waals surface area contributed by atoms with Crippen LogP contribution in [0.5, 0.6) is 0 Å². The molecule has 2 heteroatoms. The van der Waals surface area contributed by atoms with Crippen LogP contribution < -0.4 is 0 Å². The quantitative estimate of drug-likeness (QED) is 0.885. The fourth-order valence-electron chi connectivity index (χ4n) is 3.64. The van der Waals surface area contributed by atoms with E-state index in [9.17, 15) is 5.11 Å². The van der Waals surface area contributed by atoms with E-state index in [0.29, 0.717) is 0 Å². The Morgan fingerprint density at radius 3 is 2.50 bits per heavy atom. The van der Waals surface area contributed by atoms with Crippen LogP contribution in [0.3, 0.4) is 0 Å². The van der Waals surface area contributed by atoms with Gasteiger partial charge in [0.1, 0.15) is 0 Å². The summed E-state index contributed by atoms with van der Waals surface area (Å²) in [6, 6.07) is 10.4. The van der Waals surface area contributed by atoms with Crippen molar-refractivity contribution in [2.24, 2.45) is 5.41 Å². The molecule has 2 nitrogen and oxygen atoms in total. The molecule has 2 atom stereocenters. The maximum Gasteiger partial charge on any atom is 0.0878 e. The van der Waals surface area contributed by atoms with Crippen LogP contribution in [-0.2, 0) is 6.42 Å². The van der Waals surface area contributed by atoms with Crippen LogP contribution in [0.15, 0.2) is 36.5 Å². The number of pyridine rings is 1. The second kappa shape index (κ2) is 5.51. The van der Waals surface area contributed by atoms with Gasteiger partial charge in [0.2, 0.25) is 0 Å². The van der Waals surface area contributed by atoms with Crippen LogP contribution in [0.1, 0.15) is 60.2 Å². The summed E-state index contributed by atoms with van der Waals surface area (Å²) in [4.78, 5) is 4.70. The van der Waals surface area contributed by atoms with Gasteiger partial charge in [-0.3, -0.25) is 4.98 Å². The van der Waals surface area contributed by atoms with Gasteiger partial charge in [-0.1, -0.05) is 49.7 Å². The molecule has 0 saturated heterocycles. The molecule has 0 saturated carbocycles. The summed E-state index contributed by atoms with van der Waals surface area (Å²) >= 11 is 0. The second-order valence-electron chi connectivity index (χ2n) is 7.38. The lowest BCUT2D eigenvalue weighted by molar-refractivity contribution is 0.0672. The van der Waals surface area contributed by atoms with E-state index in [1.54, 1.807) is 0 Å². The van der Waals surface area contributed by atoms with Gasteiger partial charge < -0.3 is 5.11 Å². The predicted molar refractivity (Wildman–Crippen MR) is 90.0 cm³/mol. The van der Waals surface area contributed by atoms with E-state index in [1.807, 2.05) is 18.3 Å². The van der Waals surface area contributed by atoms with Gasteiger partial charge in [0.15, 0.2) is 0 Å². The van der Waals surface area contributed by atoms with E-state index in [4.69, 9.17) is 4.98 Å². The number of rotatable bonds is 2. The van der Waals surface area contributed by atoms with Crippen molar-refractivity contribution in [3.05, 3.63) is 64.5 Å². The van der Waals surface area contributed by atoms with Crippen molar-refractivity contribution in [3.63, 3.8) is 0 Å². The highest BCUT2D eigenvalue weighted by atomic mass is 16.3. The van der Waals surface area contributed by atoms with Gasteiger partial charge in [0, 0.05) is 12.1 Å². The third-order valence-electron chi connectivity index (χ3n) is 5.05. The number of hydrogen-bond acceptors (Lipinski definition) is 2. The summed E-state index contributed by atoms with van der Waals surface area (Å²) < 4.78 is 0. The summed E-state index contributed by atoms with van der Waals surface area (Å²) in [7, 11) is 0. The Labute approximate surface area is 133 Å². The third kappa shape index (κ3) is 2.68. The Morgan fingerprint density at radius 2 is 1.82 bits per heavy atom. The average Bonchev–Trinajstić information content (AvgIpc) is 2.47. The molecule has 1 aromatic carbocycles. The van der Waals surface area contributed by atoms with E-state index < -0.39 is 6.10 Å². The molecule has 22 heavy (non-hydrogen) atoms. The number of aryl methyl sites for hydroxylation is 3. The van der Waals surface area contributed by atoms with Gasteiger partial charge in [0.25, 0.3) is 0 Å². The standard InChI is InChI=1S/C20H25NO/c1-13-5-7-15(8-6-13)19(22)17-18-16(9-10-20(17,3)4)11-14(2)12-21-18/h5-8,11-12,17,19,22H,9-10H2,1-4H3/t17-,19-/m1/s1. The Balaban J connectivity index is 2.05. The zero-order chi connectivity index (χ0) is 15.9. The largest absolute Gasteiger partial charge is 0.388 e. The van der Waals surface area contributed by atoms with Gasteiger partial charge >= 0.3 is 0 Å². The molecule has 2 aromatic rings. The first-order chi connectivity index (χ1) is 10.4. The van der Waals surface area contributed by atoms with Crippen LogP contribution >= 0.6 is 0 Å². The number of fused-ring (bicyclic) bond motifs is 1. The number of nitrogens with zero attached hydrogens (tertiary/aromatic N) is 1. The lowest BCUT2D eigenvalue weighted by Gasteiger charge is -2.42. The van der Waals surface area contributed by atoms with E-state index in [2.05, 4.69) is 45.9 Å². The Bertz CT molecular complexity index is 673. The molecule has 1 aliphatic carbocycles. The van der Waals surface area contributed by atoms with Crippen LogP contribution in [0.25, 0.3) is 0 Å². The highest BCUT2D eigenvalue weighted by Gasteiger charge is 2.41. The van der Waals surface area contributed by atoms with Crippen molar-refractivity contribution in [1.29, 1.82) is 0 Å². The Morgan fingerprint density at radius 1 is 1.14 bits per heavy atom. The van der Waals surface area contributed by atoms with Crippen LogP contribution in [0.4, 0.5) is 0 Å². The molecule has 1 N–H and O–H groups in total. The van der Waals surface area contributed by atoms with Crippen molar-refractivity contribution in [2.45, 2.75) is 52.6 Å². The topological polar surface area (TPSA) is 33.1 Å². The monoisotopic (exact) mass is 295 g/mol. The summed E-state index contributed by atoms with van der Waals surface area (Å²) in [6.07, 6.45) is 3.55. The number of aliphatic hydroxyl groups excluding tert-OH is 1. The average molecular weight is 295 g/mol. The normalized spacial score (nSPS) is 21.2. The van der Waals surface area contributed by atoms with Crippen LogP contribution in [-0.4, -0.2) is 10.1 Å². The van der Waals surface area contributed by atoms with Gasteiger partial charge in [0.05, 0.1) is 11.8 Å². The highest BCUT2D eigenvalue weighted by molar-refractivity contribution is 5.35. The number of hydrogen-bond donors (Lipinski definition) is 1. The minimum absolute atomic E-state index is 0.0412. The van der Waals surface area contributed by atoms with E-state index in [0.717, 1.165) is 24.1 Å². The molecule has 3 rings (SSSR count). The first-order valence-corrected chi connectivity index (χ1v) is 8.08. The van der Waals surface area contributed by atoms with Crippen molar-refractivity contribution >= 4 is 0 Å². The minimum atomic E-state index is -0.509. The van der Waals surface area contributed by atoms with E-state index in [1.165, 1.54) is 16.7 Å². The molecule has 0 unspecified atom stereocenters. The van der Waals surface area contributed by atoms with Gasteiger partial charge in [-0.15, -0.1) is 0 Å². The first kappa shape index (κ1) is 15.2. The SMILES string of the molecule is Cc1ccc([C@@H](O)[C@H]2c3ncc(C)cc3CCC2(C)C)cc1. The molecule has 1 heterocycles. The molecule has 0 radical (unpaired) electrons. The maximum absolute atomic E-state index is 11.0. The molecule has 1 aromatic heterocycles. The second-order valence-corrected chi connectivity index (χ2v) is 7.38. The molecule has 0 spiro atoms. The lowest BCUT2D eigenvalue weighted by atomic mass is 9.65. The predicted octanol–water partition coefficient (Wildman–Crippen LogP) is 4.49. The Kier molecular flexibility index (Phi) is 3.82. The number of aromatic nitrogens is 1. The molecule has 1 aliphatic rings. The van der Waals surface area contributed by atoms with Crippen molar-refractivity contribution in [2.75, 3.05) is 0 Å². The fraction of sp³-hybridized carbons (Fsp3) is 0.450. The molecule has 0 fully saturated rings. The zero-order valence-corrected chi connectivity index (χ0v) is 13.9. The summed E-state index contributed by atoms with van der Waals surface area (Å²) in [5.41, 5.74) is 5.82. The molecular formula is C20H25NO. The van der Waals surface area contributed by atoms with Crippen molar-refractivity contribution in [1.82, 2.24) is 4.98 Å². The highest BCUT2D eigenvalue weighted by Crippen LogP contribution is 2.50. The lowest BCUT2D eigenvalue weighted by Crippen LogP contribution is -2.33. The summed E-state index contributed by atoms with van der Waals surface area (Å²) in [5, 5.41) is 11.0. The van der Waals surface area contributed by atoms with Crippen LogP contribution in [0, 0.1) is 19.3 Å². The third-order valence-corrected chi connectivity index (χ3v) is 5.05. The molecule has 0 aliphatic heterocycles. The van der Waals surface area contributed by atoms with Gasteiger partial charge in [-0.2, -0.15) is 0 Å². The fourth-order valence-corrected chi connectivity index (χ4v) is 3.64. The van der Waals surface area contributed by atoms with Crippen molar-refractivity contribution < 1.29 is 5.11 Å². The van der Waals surface area contributed by atoms with E-state index >= 15 is 0 Å². The van der Waals surface area contributed by atoms with Gasteiger partial charge in [-0.05, 0) is 48.8 Å². The molecule has 116 valence electrons. The summed E-state index contributed by atoms with van der Waals surface area (Å²) in [6.45, 7) is 8.65. The molecule has 0 amide bonds. The first-order valence-electron chi connectivity index (χ1n) is 8.08. The van der Waals surface area contributed by atoms with Crippen molar-refractivity contribution in [3.8, 4) is 0 Å². The number of benzene rings is 1. The smallest absolute Gasteiger partial charge is 0.0878 e.